The molecule has 0 radical (unpaired) electrons. The van der Waals surface area contributed by atoms with Crippen molar-refractivity contribution in [2.45, 2.75) is 51.4 Å². The highest BCUT2D eigenvalue weighted by molar-refractivity contribution is 7.89. The van der Waals surface area contributed by atoms with Crippen molar-refractivity contribution in [2.24, 2.45) is 11.8 Å². The zero-order valence-corrected chi connectivity index (χ0v) is 23.3. The predicted molar refractivity (Wildman–Crippen MR) is 149 cm³/mol. The van der Waals surface area contributed by atoms with E-state index in [0.717, 1.165) is 84.1 Å². The van der Waals surface area contributed by atoms with E-state index in [1.165, 1.54) is 6.07 Å². The summed E-state index contributed by atoms with van der Waals surface area (Å²) in [7, 11) is -3.44. The maximum absolute atomic E-state index is 13.9. The van der Waals surface area contributed by atoms with E-state index in [0.29, 0.717) is 13.1 Å². The van der Waals surface area contributed by atoms with Crippen molar-refractivity contribution in [3.8, 4) is 5.75 Å². The molecule has 4 aromatic rings. The third kappa shape index (κ3) is 5.54. The summed E-state index contributed by atoms with van der Waals surface area (Å²) in [5.74, 6) is -0.290. The van der Waals surface area contributed by atoms with Gasteiger partial charge < -0.3 is 9.72 Å². The molecule has 1 atom stereocenters. The fraction of sp³-hybridized carbons (Fsp3) is 0.483. The van der Waals surface area contributed by atoms with Gasteiger partial charge in [0.05, 0.1) is 29.8 Å². The monoisotopic (exact) mass is 569 g/mol. The number of aromatic amines is 1. The average molecular weight is 570 g/mol. The van der Waals surface area contributed by atoms with Crippen LogP contribution in [0.1, 0.15) is 56.0 Å². The van der Waals surface area contributed by atoms with Crippen LogP contribution in [0.2, 0.25) is 0 Å². The Morgan fingerprint density at radius 3 is 2.70 bits per heavy atom. The second-order valence-electron chi connectivity index (χ2n) is 11.2. The minimum atomic E-state index is -3.44. The number of fused-ring (bicyclic) bond motifs is 3. The van der Waals surface area contributed by atoms with Gasteiger partial charge in [-0.3, -0.25) is 0 Å². The van der Waals surface area contributed by atoms with Gasteiger partial charge in [0.1, 0.15) is 17.3 Å². The Hall–Kier alpha value is -3.18. The van der Waals surface area contributed by atoms with Gasteiger partial charge in [0, 0.05) is 48.0 Å². The molecule has 2 fully saturated rings. The number of aryl methyl sites for hydroxylation is 1. The highest BCUT2D eigenvalue weighted by Gasteiger charge is 2.34. The summed E-state index contributed by atoms with van der Waals surface area (Å²) in [6, 6.07) is 5.21. The quantitative estimate of drug-likeness (QED) is 0.316. The molecule has 40 heavy (non-hydrogen) atoms. The summed E-state index contributed by atoms with van der Waals surface area (Å²) in [5.41, 5.74) is 2.69. The number of aromatic nitrogens is 4. The predicted octanol–water partition coefficient (Wildman–Crippen LogP) is 5.49. The van der Waals surface area contributed by atoms with E-state index in [1.54, 1.807) is 10.5 Å². The minimum absolute atomic E-state index is 0.0155. The van der Waals surface area contributed by atoms with Gasteiger partial charge in [-0.05, 0) is 69.6 Å². The molecule has 1 aliphatic heterocycles. The van der Waals surface area contributed by atoms with Crippen molar-refractivity contribution in [3.63, 3.8) is 0 Å². The van der Waals surface area contributed by atoms with Crippen LogP contribution in [0.3, 0.4) is 0 Å². The topological polar surface area (TPSA) is 101 Å². The van der Waals surface area contributed by atoms with Crippen molar-refractivity contribution in [3.05, 3.63) is 59.8 Å². The standard InChI is InChI=1S/C29H33F2N5O3S/c1-18-34-25-14-33-29-23(10-11-32-29)27(25)28(35-18)21-6-4-19(5-7-21)17-40(37,38)36-12-2-3-20(15-36)16-39-26-9-8-22(30)13-24(26)31/h8-11,13-14,19-21H,2-7,12,15-17H2,1H3,(H,32,33). The lowest BCUT2D eigenvalue weighted by molar-refractivity contribution is 0.175. The van der Waals surface area contributed by atoms with Crippen LogP contribution in [-0.2, 0) is 10.0 Å². The summed E-state index contributed by atoms with van der Waals surface area (Å²) in [6.45, 7) is 2.94. The zero-order valence-electron chi connectivity index (χ0n) is 22.4. The average Bonchev–Trinajstić information content (AvgIpc) is 3.42. The summed E-state index contributed by atoms with van der Waals surface area (Å²) in [4.78, 5) is 17.1. The SMILES string of the molecule is Cc1nc(C2CCC(CS(=O)(=O)N3CCCC(COc4ccc(F)cc4F)C3)CC2)c2c(cnc3[nH]ccc32)n1. The summed E-state index contributed by atoms with van der Waals surface area (Å²) in [5, 5.41) is 2.05. The van der Waals surface area contributed by atoms with Gasteiger partial charge in [0.15, 0.2) is 11.6 Å². The van der Waals surface area contributed by atoms with Crippen LogP contribution in [0.15, 0.2) is 36.7 Å². The number of piperidine rings is 1. The van der Waals surface area contributed by atoms with Crippen LogP contribution in [0, 0.1) is 30.4 Å². The second-order valence-corrected chi connectivity index (χ2v) is 13.2. The van der Waals surface area contributed by atoms with E-state index in [1.807, 2.05) is 19.2 Å². The molecular formula is C29H33F2N5O3S. The Morgan fingerprint density at radius 2 is 1.90 bits per heavy atom. The Kier molecular flexibility index (Phi) is 7.43. The minimum Gasteiger partial charge on any atom is -0.490 e. The number of halogens is 2. The van der Waals surface area contributed by atoms with Gasteiger partial charge in [0.25, 0.3) is 0 Å². The normalized spacial score (nSPS) is 22.6. The van der Waals surface area contributed by atoms with Crippen LogP contribution in [0.25, 0.3) is 21.9 Å². The highest BCUT2D eigenvalue weighted by Crippen LogP contribution is 2.40. The van der Waals surface area contributed by atoms with Gasteiger partial charge >= 0.3 is 0 Å². The number of hydrogen-bond acceptors (Lipinski definition) is 6. The van der Waals surface area contributed by atoms with Crippen LogP contribution in [0.5, 0.6) is 5.75 Å². The number of nitrogens with one attached hydrogen (secondary N) is 1. The van der Waals surface area contributed by atoms with Gasteiger partial charge in [-0.2, -0.15) is 0 Å². The molecule has 212 valence electrons. The van der Waals surface area contributed by atoms with E-state index in [-0.39, 0.29) is 35.9 Å². The van der Waals surface area contributed by atoms with E-state index in [9.17, 15) is 17.2 Å². The van der Waals surface area contributed by atoms with Gasteiger partial charge in [-0.15, -0.1) is 0 Å². The van der Waals surface area contributed by atoms with Crippen LogP contribution in [0.4, 0.5) is 8.78 Å². The van der Waals surface area contributed by atoms with Crippen molar-refractivity contribution < 1.29 is 21.9 Å². The first-order valence-corrected chi connectivity index (χ1v) is 15.5. The molecule has 0 amide bonds. The Balaban J connectivity index is 1.08. The molecule has 1 aliphatic carbocycles. The van der Waals surface area contributed by atoms with Crippen molar-refractivity contribution in [1.82, 2.24) is 24.2 Å². The fourth-order valence-electron chi connectivity index (χ4n) is 6.30. The first-order chi connectivity index (χ1) is 19.3. The molecule has 0 bridgehead atoms. The van der Waals surface area contributed by atoms with Crippen LogP contribution in [-0.4, -0.2) is 58.1 Å². The van der Waals surface area contributed by atoms with Crippen molar-refractivity contribution in [1.29, 1.82) is 0 Å². The van der Waals surface area contributed by atoms with Crippen LogP contribution >= 0.6 is 0 Å². The molecule has 4 heterocycles. The summed E-state index contributed by atoms with van der Waals surface area (Å²) < 4.78 is 61.1. The number of sulfonamides is 1. The number of hydrogen-bond donors (Lipinski definition) is 1. The smallest absolute Gasteiger partial charge is 0.214 e. The van der Waals surface area contributed by atoms with E-state index in [4.69, 9.17) is 9.72 Å². The zero-order chi connectivity index (χ0) is 27.9. The molecule has 1 N–H and O–H groups in total. The number of rotatable bonds is 7. The second kappa shape index (κ2) is 11.0. The first kappa shape index (κ1) is 27.0. The highest BCUT2D eigenvalue weighted by atomic mass is 32.2. The molecule has 11 heteroatoms. The Labute approximate surface area is 232 Å². The number of ether oxygens (including phenoxy) is 1. The van der Waals surface area contributed by atoms with Crippen molar-refractivity contribution >= 4 is 32.0 Å². The number of nitrogens with zero attached hydrogens (tertiary/aromatic N) is 4. The Morgan fingerprint density at radius 1 is 1.07 bits per heavy atom. The maximum atomic E-state index is 13.9. The lowest BCUT2D eigenvalue weighted by Gasteiger charge is -2.34. The van der Waals surface area contributed by atoms with Crippen LogP contribution < -0.4 is 4.74 Å². The van der Waals surface area contributed by atoms with Crippen molar-refractivity contribution in [2.75, 3.05) is 25.4 Å². The number of benzene rings is 1. The van der Waals surface area contributed by atoms with E-state index < -0.39 is 21.7 Å². The Bertz CT molecular complexity index is 1640. The molecule has 1 saturated heterocycles. The third-order valence-electron chi connectivity index (χ3n) is 8.31. The molecule has 1 aromatic carbocycles. The van der Waals surface area contributed by atoms with Gasteiger partial charge in [-0.25, -0.2) is 36.5 Å². The molecule has 0 spiro atoms. The first-order valence-electron chi connectivity index (χ1n) is 13.9. The number of H-pyrrole nitrogens is 1. The molecule has 2 aliphatic rings. The number of pyridine rings is 1. The molecular weight excluding hydrogens is 536 g/mol. The molecule has 6 rings (SSSR count). The summed E-state index contributed by atoms with van der Waals surface area (Å²) in [6.07, 6.45) is 8.59. The van der Waals surface area contributed by atoms with E-state index in [2.05, 4.69) is 15.0 Å². The third-order valence-corrected chi connectivity index (χ3v) is 10.3. The molecule has 8 nitrogen and oxygen atoms in total. The molecule has 1 saturated carbocycles. The maximum Gasteiger partial charge on any atom is 0.214 e. The van der Waals surface area contributed by atoms with Gasteiger partial charge in [-0.1, -0.05) is 0 Å². The summed E-state index contributed by atoms with van der Waals surface area (Å²) >= 11 is 0. The fourth-order valence-corrected chi connectivity index (χ4v) is 8.28. The largest absolute Gasteiger partial charge is 0.490 e. The van der Waals surface area contributed by atoms with Gasteiger partial charge in [0.2, 0.25) is 10.0 Å². The molecule has 3 aromatic heterocycles. The van der Waals surface area contributed by atoms with E-state index >= 15 is 0 Å². The lowest BCUT2D eigenvalue weighted by Crippen LogP contribution is -2.43. The molecule has 1 unspecified atom stereocenters. The lowest BCUT2D eigenvalue weighted by atomic mass is 9.80.